The van der Waals surface area contributed by atoms with Gasteiger partial charge in [0, 0.05) is 30.7 Å². The lowest BCUT2D eigenvalue weighted by molar-refractivity contribution is 0.284. The summed E-state index contributed by atoms with van der Waals surface area (Å²) in [5.74, 6) is 0. The van der Waals surface area contributed by atoms with Gasteiger partial charge in [-0.3, -0.25) is 4.98 Å². The molecule has 2 heterocycles. The molecule has 0 unspecified atom stereocenters. The highest BCUT2D eigenvalue weighted by Gasteiger charge is 2.07. The quantitative estimate of drug-likeness (QED) is 0.798. The summed E-state index contributed by atoms with van der Waals surface area (Å²) in [4.78, 5) is 7.99. The van der Waals surface area contributed by atoms with E-state index < -0.39 is 0 Å². The molecule has 0 atom stereocenters. The number of rotatable bonds is 5. The Bertz CT molecular complexity index is 266. The lowest BCUT2D eigenvalue weighted by atomic mass is 10.2. The summed E-state index contributed by atoms with van der Waals surface area (Å²) in [5.41, 5.74) is 1.89. The van der Waals surface area contributed by atoms with Crippen LogP contribution in [-0.2, 0) is 6.54 Å². The van der Waals surface area contributed by atoms with Crippen molar-refractivity contribution in [1.82, 2.24) is 15.2 Å². The van der Waals surface area contributed by atoms with E-state index in [0.717, 1.165) is 13.1 Å². The number of aromatic nitrogens is 1. The van der Waals surface area contributed by atoms with Gasteiger partial charge >= 0.3 is 0 Å². The zero-order valence-electron chi connectivity index (χ0n) is 9.82. The SMILES string of the molecule is c1ncc(CNCCN2CCCCCC2)s1. The number of thiazole rings is 1. The maximum atomic E-state index is 4.07. The maximum absolute atomic E-state index is 4.07. The standard InChI is InChI=1S/C12H21N3S/c1-2-4-7-15(6-3-1)8-5-13-9-12-10-14-11-16-12/h10-11,13H,1-9H2. The van der Waals surface area contributed by atoms with E-state index in [1.165, 1.54) is 50.2 Å². The average Bonchev–Trinajstić information content (AvgIpc) is 2.68. The van der Waals surface area contributed by atoms with E-state index in [2.05, 4.69) is 15.2 Å². The van der Waals surface area contributed by atoms with Gasteiger partial charge in [-0.2, -0.15) is 0 Å². The number of nitrogens with zero attached hydrogens (tertiary/aromatic N) is 2. The first-order valence-electron chi connectivity index (χ1n) is 6.25. The van der Waals surface area contributed by atoms with Crippen LogP contribution in [0.15, 0.2) is 11.7 Å². The molecule has 1 aromatic rings. The third kappa shape index (κ3) is 4.20. The van der Waals surface area contributed by atoms with Gasteiger partial charge in [0.2, 0.25) is 0 Å². The Morgan fingerprint density at radius 3 is 2.75 bits per heavy atom. The van der Waals surface area contributed by atoms with Gasteiger partial charge in [-0.1, -0.05) is 12.8 Å². The monoisotopic (exact) mass is 239 g/mol. The maximum Gasteiger partial charge on any atom is 0.0794 e. The molecular weight excluding hydrogens is 218 g/mol. The van der Waals surface area contributed by atoms with Crippen LogP contribution in [0.4, 0.5) is 0 Å². The first-order valence-corrected chi connectivity index (χ1v) is 7.13. The van der Waals surface area contributed by atoms with Crippen molar-refractivity contribution in [2.75, 3.05) is 26.2 Å². The van der Waals surface area contributed by atoms with E-state index in [0.29, 0.717) is 0 Å². The molecule has 16 heavy (non-hydrogen) atoms. The van der Waals surface area contributed by atoms with E-state index in [4.69, 9.17) is 0 Å². The normalized spacial score (nSPS) is 18.5. The molecule has 1 aromatic heterocycles. The molecular formula is C12H21N3S. The van der Waals surface area contributed by atoms with E-state index in [9.17, 15) is 0 Å². The Kier molecular flexibility index (Phi) is 5.25. The van der Waals surface area contributed by atoms with Gasteiger partial charge < -0.3 is 10.2 Å². The van der Waals surface area contributed by atoms with Crippen LogP contribution in [-0.4, -0.2) is 36.1 Å². The summed E-state index contributed by atoms with van der Waals surface area (Å²) < 4.78 is 0. The van der Waals surface area contributed by atoms with Crippen LogP contribution in [0.5, 0.6) is 0 Å². The molecule has 0 amide bonds. The van der Waals surface area contributed by atoms with E-state index >= 15 is 0 Å². The Morgan fingerprint density at radius 1 is 1.25 bits per heavy atom. The molecule has 90 valence electrons. The summed E-state index contributed by atoms with van der Waals surface area (Å²) in [6, 6.07) is 0. The topological polar surface area (TPSA) is 28.2 Å². The number of likely N-dealkylation sites (tertiary alicyclic amines) is 1. The van der Waals surface area contributed by atoms with Crippen molar-refractivity contribution >= 4 is 11.3 Å². The van der Waals surface area contributed by atoms with Crippen molar-refractivity contribution in [3.05, 3.63) is 16.6 Å². The second kappa shape index (κ2) is 6.99. The molecule has 3 nitrogen and oxygen atoms in total. The van der Waals surface area contributed by atoms with Crippen molar-refractivity contribution in [2.24, 2.45) is 0 Å². The van der Waals surface area contributed by atoms with Gasteiger partial charge in [0.15, 0.2) is 0 Å². The largest absolute Gasteiger partial charge is 0.311 e. The van der Waals surface area contributed by atoms with Crippen LogP contribution < -0.4 is 5.32 Å². The minimum absolute atomic E-state index is 0.971. The molecule has 1 aliphatic rings. The summed E-state index contributed by atoms with van der Waals surface area (Å²) in [6.07, 6.45) is 7.56. The highest BCUT2D eigenvalue weighted by molar-refractivity contribution is 7.09. The zero-order chi connectivity index (χ0) is 11.1. The Balaban J connectivity index is 1.56. The Labute approximate surface area is 102 Å². The van der Waals surface area contributed by atoms with Crippen LogP contribution in [0.1, 0.15) is 30.6 Å². The molecule has 1 N–H and O–H groups in total. The minimum atomic E-state index is 0.971. The molecule has 0 radical (unpaired) electrons. The van der Waals surface area contributed by atoms with E-state index in [1.807, 2.05) is 11.7 Å². The highest BCUT2D eigenvalue weighted by atomic mass is 32.1. The van der Waals surface area contributed by atoms with Gasteiger partial charge in [-0.15, -0.1) is 11.3 Å². The van der Waals surface area contributed by atoms with Crippen LogP contribution in [0, 0.1) is 0 Å². The Morgan fingerprint density at radius 2 is 2.06 bits per heavy atom. The van der Waals surface area contributed by atoms with Crippen molar-refractivity contribution < 1.29 is 0 Å². The molecule has 0 spiro atoms. The fraction of sp³-hybridized carbons (Fsp3) is 0.750. The van der Waals surface area contributed by atoms with Crippen molar-refractivity contribution in [3.63, 3.8) is 0 Å². The predicted molar refractivity (Wildman–Crippen MR) is 68.7 cm³/mol. The number of hydrogen-bond donors (Lipinski definition) is 1. The molecule has 1 fully saturated rings. The second-order valence-corrected chi connectivity index (χ2v) is 5.37. The van der Waals surface area contributed by atoms with Crippen LogP contribution >= 0.6 is 11.3 Å². The molecule has 0 aromatic carbocycles. The second-order valence-electron chi connectivity index (χ2n) is 4.40. The highest BCUT2D eigenvalue weighted by Crippen LogP contribution is 2.09. The summed E-state index contributed by atoms with van der Waals surface area (Å²) >= 11 is 1.73. The number of hydrogen-bond acceptors (Lipinski definition) is 4. The zero-order valence-corrected chi connectivity index (χ0v) is 10.6. The Hall–Kier alpha value is -0.450. The molecule has 1 aliphatic heterocycles. The lowest BCUT2D eigenvalue weighted by Gasteiger charge is -2.19. The fourth-order valence-corrected chi connectivity index (χ4v) is 2.70. The molecule has 1 saturated heterocycles. The van der Waals surface area contributed by atoms with Crippen molar-refractivity contribution in [1.29, 1.82) is 0 Å². The smallest absolute Gasteiger partial charge is 0.0794 e. The predicted octanol–water partition coefficient (Wildman–Crippen LogP) is 2.11. The first kappa shape index (κ1) is 12.0. The third-order valence-corrected chi connectivity index (χ3v) is 3.87. The fourth-order valence-electron chi connectivity index (χ4n) is 2.14. The summed E-state index contributed by atoms with van der Waals surface area (Å²) in [5, 5.41) is 3.48. The lowest BCUT2D eigenvalue weighted by Crippen LogP contribution is -2.32. The minimum Gasteiger partial charge on any atom is -0.311 e. The summed E-state index contributed by atoms with van der Waals surface area (Å²) in [6.45, 7) is 5.85. The van der Waals surface area contributed by atoms with Crippen LogP contribution in [0.25, 0.3) is 0 Å². The van der Waals surface area contributed by atoms with Gasteiger partial charge in [0.1, 0.15) is 0 Å². The van der Waals surface area contributed by atoms with Crippen molar-refractivity contribution in [3.8, 4) is 0 Å². The van der Waals surface area contributed by atoms with Crippen LogP contribution in [0.2, 0.25) is 0 Å². The van der Waals surface area contributed by atoms with Gasteiger partial charge in [0.05, 0.1) is 5.51 Å². The molecule has 0 saturated carbocycles. The van der Waals surface area contributed by atoms with Gasteiger partial charge in [-0.25, -0.2) is 0 Å². The van der Waals surface area contributed by atoms with E-state index in [1.54, 1.807) is 11.3 Å². The third-order valence-electron chi connectivity index (χ3n) is 3.09. The molecule has 4 heteroatoms. The first-order chi connectivity index (χ1) is 7.95. The van der Waals surface area contributed by atoms with Crippen molar-refractivity contribution in [2.45, 2.75) is 32.2 Å². The molecule has 0 bridgehead atoms. The van der Waals surface area contributed by atoms with E-state index in [-0.39, 0.29) is 0 Å². The summed E-state index contributed by atoms with van der Waals surface area (Å²) in [7, 11) is 0. The van der Waals surface area contributed by atoms with Crippen LogP contribution in [0.3, 0.4) is 0 Å². The molecule has 0 aliphatic carbocycles. The van der Waals surface area contributed by atoms with Gasteiger partial charge in [0.25, 0.3) is 0 Å². The number of nitrogens with one attached hydrogen (secondary N) is 1. The average molecular weight is 239 g/mol. The van der Waals surface area contributed by atoms with Gasteiger partial charge in [-0.05, 0) is 25.9 Å². The molecule has 2 rings (SSSR count).